The van der Waals surface area contributed by atoms with Gasteiger partial charge in [0, 0.05) is 23.3 Å². The molecule has 3 aromatic rings. The van der Waals surface area contributed by atoms with Gasteiger partial charge in [-0.25, -0.2) is 0 Å². The fourth-order valence-electron chi connectivity index (χ4n) is 3.24. The van der Waals surface area contributed by atoms with Crippen molar-refractivity contribution >= 4 is 46.9 Å². The highest BCUT2D eigenvalue weighted by Gasteiger charge is 2.14. The van der Waals surface area contributed by atoms with E-state index in [1.165, 1.54) is 17.8 Å². The maximum Gasteiger partial charge on any atom is 0.244 e. The van der Waals surface area contributed by atoms with Gasteiger partial charge in [0.15, 0.2) is 11.0 Å². The third kappa shape index (κ3) is 7.33. The summed E-state index contributed by atoms with van der Waals surface area (Å²) in [4.78, 5) is 24.7. The number of hydrogen-bond donors (Lipinski definition) is 2. The molecule has 0 aliphatic heterocycles. The Hall–Kier alpha value is -3.36. The smallest absolute Gasteiger partial charge is 0.244 e. The fraction of sp³-hybridized carbons (Fsp3) is 0.200. The van der Waals surface area contributed by atoms with Gasteiger partial charge >= 0.3 is 0 Å². The Morgan fingerprint density at radius 1 is 1.15 bits per heavy atom. The molecule has 1 aromatic heterocycles. The van der Waals surface area contributed by atoms with Gasteiger partial charge in [0.1, 0.15) is 0 Å². The van der Waals surface area contributed by atoms with Gasteiger partial charge < -0.3 is 15.2 Å². The van der Waals surface area contributed by atoms with Gasteiger partial charge in [-0.15, -0.1) is 16.8 Å². The number of benzene rings is 2. The molecule has 9 heteroatoms. The van der Waals surface area contributed by atoms with Crippen molar-refractivity contribution in [2.45, 2.75) is 32.1 Å². The molecule has 0 radical (unpaired) electrons. The van der Waals surface area contributed by atoms with Gasteiger partial charge in [0.05, 0.1) is 12.3 Å². The Morgan fingerprint density at radius 3 is 2.59 bits per heavy atom. The molecule has 7 nitrogen and oxygen atoms in total. The monoisotopic (exact) mass is 495 g/mol. The van der Waals surface area contributed by atoms with Crippen LogP contribution in [-0.2, 0) is 22.7 Å². The van der Waals surface area contributed by atoms with Crippen molar-refractivity contribution in [3.63, 3.8) is 0 Å². The highest BCUT2D eigenvalue weighted by atomic mass is 35.5. The summed E-state index contributed by atoms with van der Waals surface area (Å²) >= 11 is 7.38. The highest BCUT2D eigenvalue weighted by Crippen LogP contribution is 2.19. The average Bonchev–Trinajstić information content (AvgIpc) is 3.17. The quantitative estimate of drug-likeness (QED) is 0.240. The standard InChI is InChI=1S/C25H26ClN5O2S/c1-4-11-31-22(15-27-23(32)10-9-19-7-5-6-8-21(19)26)29-30-25(31)34-16-24(33)28-20-13-17(2)12-18(3)14-20/h4-10,12-14H,1,11,15-16H2,2-3H3,(H,27,32)(H,28,33)/b10-9+. The van der Waals surface area contributed by atoms with E-state index in [1.54, 1.807) is 18.2 Å². The predicted molar refractivity (Wildman–Crippen MR) is 138 cm³/mol. The Kier molecular flexibility index (Phi) is 9.07. The zero-order chi connectivity index (χ0) is 24.5. The molecule has 1 heterocycles. The zero-order valence-electron chi connectivity index (χ0n) is 19.0. The van der Waals surface area contributed by atoms with Crippen LogP contribution in [0, 0.1) is 13.8 Å². The van der Waals surface area contributed by atoms with Crippen LogP contribution in [0.4, 0.5) is 5.69 Å². The van der Waals surface area contributed by atoms with E-state index in [1.807, 2.05) is 48.7 Å². The van der Waals surface area contributed by atoms with Gasteiger partial charge in [-0.1, -0.05) is 53.7 Å². The summed E-state index contributed by atoms with van der Waals surface area (Å²) in [6, 6.07) is 13.2. The van der Waals surface area contributed by atoms with Gasteiger partial charge in [0.25, 0.3) is 0 Å². The minimum atomic E-state index is -0.282. The van der Waals surface area contributed by atoms with Crippen molar-refractivity contribution in [2.24, 2.45) is 0 Å². The Morgan fingerprint density at radius 2 is 1.88 bits per heavy atom. The number of rotatable bonds is 10. The van der Waals surface area contributed by atoms with Crippen molar-refractivity contribution in [3.05, 3.63) is 88.7 Å². The van der Waals surface area contributed by atoms with Crippen LogP contribution in [0.2, 0.25) is 5.02 Å². The second kappa shape index (κ2) is 12.2. The number of hydrogen-bond acceptors (Lipinski definition) is 5. The molecule has 0 bridgehead atoms. The first-order valence-corrected chi connectivity index (χ1v) is 12.0. The molecule has 176 valence electrons. The van der Waals surface area contributed by atoms with Gasteiger partial charge in [-0.2, -0.15) is 0 Å². The third-order valence-corrected chi connectivity index (χ3v) is 5.99. The molecule has 2 amide bonds. The Balaban J connectivity index is 1.58. The molecular formula is C25H26ClN5O2S. The summed E-state index contributed by atoms with van der Waals surface area (Å²) in [6.07, 6.45) is 4.79. The maximum absolute atomic E-state index is 12.4. The molecule has 34 heavy (non-hydrogen) atoms. The molecule has 0 atom stereocenters. The van der Waals surface area contributed by atoms with Gasteiger partial charge in [-0.05, 0) is 54.8 Å². The Labute approximate surface area is 208 Å². The lowest BCUT2D eigenvalue weighted by Crippen LogP contribution is -2.23. The number of allylic oxidation sites excluding steroid dienone is 1. The molecule has 0 unspecified atom stereocenters. The maximum atomic E-state index is 12.4. The van der Waals surface area contributed by atoms with Gasteiger partial charge in [-0.3, -0.25) is 9.59 Å². The minimum absolute atomic E-state index is 0.136. The second-order valence-corrected chi connectivity index (χ2v) is 8.93. The number of carbonyl (C=O) groups is 2. The van der Waals surface area contributed by atoms with Crippen LogP contribution >= 0.6 is 23.4 Å². The summed E-state index contributed by atoms with van der Waals surface area (Å²) in [5.41, 5.74) is 3.69. The number of aromatic nitrogens is 3. The molecule has 0 fully saturated rings. The van der Waals surface area contributed by atoms with Crippen LogP contribution in [0.3, 0.4) is 0 Å². The topological polar surface area (TPSA) is 88.9 Å². The number of halogens is 1. The second-order valence-electron chi connectivity index (χ2n) is 7.58. The molecule has 0 spiro atoms. The number of anilines is 1. The molecular weight excluding hydrogens is 470 g/mol. The lowest BCUT2D eigenvalue weighted by molar-refractivity contribution is -0.116. The summed E-state index contributed by atoms with van der Waals surface area (Å²) in [5.74, 6) is 0.323. The number of nitrogens with zero attached hydrogens (tertiary/aromatic N) is 3. The van der Waals surface area contributed by atoms with Crippen molar-refractivity contribution in [3.8, 4) is 0 Å². The van der Waals surface area contributed by atoms with Crippen LogP contribution in [0.1, 0.15) is 22.5 Å². The average molecular weight is 496 g/mol. The van der Waals surface area contributed by atoms with E-state index in [-0.39, 0.29) is 24.1 Å². The molecule has 3 rings (SSSR count). The van der Waals surface area contributed by atoms with Crippen molar-refractivity contribution < 1.29 is 9.59 Å². The molecule has 0 saturated carbocycles. The third-order valence-electron chi connectivity index (χ3n) is 4.68. The molecule has 2 aromatic carbocycles. The Bertz CT molecular complexity index is 1200. The number of thioether (sulfide) groups is 1. The SMILES string of the molecule is C=CCn1c(CNC(=O)/C=C/c2ccccc2Cl)nnc1SCC(=O)Nc1cc(C)cc(C)c1. The number of amides is 2. The lowest BCUT2D eigenvalue weighted by Gasteiger charge is -2.09. The largest absolute Gasteiger partial charge is 0.345 e. The van der Waals surface area contributed by atoms with E-state index in [0.29, 0.717) is 22.5 Å². The number of aryl methyl sites for hydroxylation is 2. The molecule has 0 saturated heterocycles. The van der Waals surface area contributed by atoms with Crippen molar-refractivity contribution in [1.29, 1.82) is 0 Å². The van der Waals surface area contributed by atoms with Crippen molar-refractivity contribution in [2.75, 3.05) is 11.1 Å². The molecule has 2 N–H and O–H groups in total. The van der Waals surface area contributed by atoms with Crippen molar-refractivity contribution in [1.82, 2.24) is 20.1 Å². The van der Waals surface area contributed by atoms with E-state index < -0.39 is 0 Å². The first-order chi connectivity index (χ1) is 16.4. The zero-order valence-corrected chi connectivity index (χ0v) is 20.6. The predicted octanol–water partition coefficient (Wildman–Crippen LogP) is 4.79. The van der Waals surface area contributed by atoms with E-state index in [9.17, 15) is 9.59 Å². The van der Waals surface area contributed by atoms with Crippen LogP contribution in [0.25, 0.3) is 6.08 Å². The normalized spacial score (nSPS) is 10.9. The lowest BCUT2D eigenvalue weighted by atomic mass is 10.1. The van der Waals surface area contributed by atoms with Crippen LogP contribution in [-0.4, -0.2) is 32.3 Å². The summed E-state index contributed by atoms with van der Waals surface area (Å²) in [5, 5.41) is 15.2. The summed E-state index contributed by atoms with van der Waals surface area (Å²) < 4.78 is 1.82. The van der Waals surface area contributed by atoms with E-state index in [2.05, 4.69) is 33.5 Å². The van der Waals surface area contributed by atoms with E-state index in [4.69, 9.17) is 11.6 Å². The van der Waals surface area contributed by atoms with Crippen LogP contribution in [0.15, 0.2) is 66.4 Å². The number of carbonyl (C=O) groups excluding carboxylic acids is 2. The summed E-state index contributed by atoms with van der Waals surface area (Å²) in [6.45, 7) is 8.39. The van der Waals surface area contributed by atoms with Crippen LogP contribution < -0.4 is 10.6 Å². The number of nitrogens with one attached hydrogen (secondary N) is 2. The van der Waals surface area contributed by atoms with E-state index in [0.717, 1.165) is 22.4 Å². The minimum Gasteiger partial charge on any atom is -0.345 e. The first kappa shape index (κ1) is 25.3. The summed E-state index contributed by atoms with van der Waals surface area (Å²) in [7, 11) is 0. The molecule has 0 aliphatic carbocycles. The van der Waals surface area contributed by atoms with E-state index >= 15 is 0 Å². The molecule has 0 aliphatic rings. The van der Waals surface area contributed by atoms with Gasteiger partial charge in [0.2, 0.25) is 11.8 Å². The first-order valence-electron chi connectivity index (χ1n) is 10.6. The van der Waals surface area contributed by atoms with Crippen LogP contribution in [0.5, 0.6) is 0 Å². The fourth-order valence-corrected chi connectivity index (χ4v) is 4.21. The highest BCUT2D eigenvalue weighted by molar-refractivity contribution is 7.99.